The summed E-state index contributed by atoms with van der Waals surface area (Å²) >= 11 is 0. The molecule has 0 amide bonds. The van der Waals surface area contributed by atoms with E-state index in [4.69, 9.17) is 0 Å². The quantitative estimate of drug-likeness (QED) is 0.907. The molecule has 1 saturated carbocycles. The second kappa shape index (κ2) is 5.09. The van der Waals surface area contributed by atoms with E-state index >= 15 is 0 Å². The van der Waals surface area contributed by atoms with Crippen LogP contribution in [0.1, 0.15) is 62.6 Å². The number of benzene rings is 1. The molecule has 2 heterocycles. The molecule has 3 aliphatic rings. The minimum atomic E-state index is -0.0559. The van der Waals surface area contributed by atoms with Gasteiger partial charge in [0.1, 0.15) is 11.5 Å². The smallest absolute Gasteiger partial charge is 0.140 e. The monoisotopic (exact) mass is 299 g/mol. The van der Waals surface area contributed by atoms with Gasteiger partial charge in [-0.2, -0.15) is 0 Å². The molecule has 1 saturated heterocycles. The van der Waals surface area contributed by atoms with Crippen LogP contribution in [0.2, 0.25) is 0 Å². The Morgan fingerprint density at radius 1 is 1.32 bits per heavy atom. The highest BCUT2D eigenvalue weighted by Gasteiger charge is 2.55. The number of hydrogen-bond donors (Lipinski definition) is 1. The third kappa shape index (κ3) is 1.88. The second-order valence-corrected chi connectivity index (χ2v) is 7.31. The van der Waals surface area contributed by atoms with Gasteiger partial charge in [0, 0.05) is 30.5 Å². The molecule has 118 valence electrons. The van der Waals surface area contributed by atoms with E-state index in [2.05, 4.69) is 17.9 Å². The number of fused-ring (bicyclic) bond motifs is 5. The number of ketones is 1. The third-order valence-electron chi connectivity index (χ3n) is 6.32. The zero-order chi connectivity index (χ0) is 15.3. The fraction of sp³-hybridized carbons (Fsp3) is 0.632. The Bertz CT molecular complexity index is 611. The molecule has 0 bridgehead atoms. The first-order chi connectivity index (χ1) is 10.7. The van der Waals surface area contributed by atoms with E-state index in [1.165, 1.54) is 11.1 Å². The van der Waals surface area contributed by atoms with Crippen LogP contribution in [0.5, 0.6) is 5.75 Å². The Kier molecular flexibility index (Phi) is 3.30. The predicted molar refractivity (Wildman–Crippen MR) is 85.9 cm³/mol. The SMILES string of the molecule is CCC[C@]12CC[C@H]3c4ccc(O)cc4CCN3[C@H]1CCC2=O. The van der Waals surface area contributed by atoms with Crippen LogP contribution in [-0.2, 0) is 11.2 Å². The average Bonchev–Trinajstić information content (AvgIpc) is 2.84. The molecule has 0 spiro atoms. The summed E-state index contributed by atoms with van der Waals surface area (Å²) in [4.78, 5) is 15.3. The first-order valence-corrected chi connectivity index (χ1v) is 8.76. The molecule has 22 heavy (non-hydrogen) atoms. The largest absolute Gasteiger partial charge is 0.508 e. The zero-order valence-electron chi connectivity index (χ0n) is 13.3. The Morgan fingerprint density at radius 3 is 3.00 bits per heavy atom. The minimum Gasteiger partial charge on any atom is -0.508 e. The van der Waals surface area contributed by atoms with E-state index in [-0.39, 0.29) is 5.41 Å². The molecule has 3 heteroatoms. The van der Waals surface area contributed by atoms with Crippen LogP contribution in [0.4, 0.5) is 0 Å². The van der Waals surface area contributed by atoms with Gasteiger partial charge in [-0.05, 0) is 55.4 Å². The average molecular weight is 299 g/mol. The molecule has 3 atom stereocenters. The second-order valence-electron chi connectivity index (χ2n) is 7.31. The molecular weight excluding hydrogens is 274 g/mol. The molecule has 1 aromatic carbocycles. The number of phenols is 1. The van der Waals surface area contributed by atoms with Crippen molar-refractivity contribution in [3.05, 3.63) is 29.3 Å². The first kappa shape index (κ1) is 14.3. The summed E-state index contributed by atoms with van der Waals surface area (Å²) in [6, 6.07) is 6.74. The van der Waals surface area contributed by atoms with Gasteiger partial charge in [-0.15, -0.1) is 0 Å². The number of carbonyl (C=O) groups excluding carboxylic acids is 1. The Labute approximate surface area is 132 Å². The fourth-order valence-corrected chi connectivity index (χ4v) is 5.45. The van der Waals surface area contributed by atoms with Gasteiger partial charge in [-0.25, -0.2) is 0 Å². The van der Waals surface area contributed by atoms with Crippen LogP contribution in [0, 0.1) is 5.41 Å². The number of Topliss-reactive ketones (excluding diaryl/α,β-unsaturated/α-hetero) is 1. The van der Waals surface area contributed by atoms with Crippen molar-refractivity contribution in [2.75, 3.05) is 6.54 Å². The molecule has 0 aromatic heterocycles. The minimum absolute atomic E-state index is 0.0559. The van der Waals surface area contributed by atoms with Crippen molar-refractivity contribution in [1.29, 1.82) is 0 Å². The highest BCUT2D eigenvalue weighted by Crippen LogP contribution is 2.54. The maximum absolute atomic E-state index is 12.6. The van der Waals surface area contributed by atoms with Gasteiger partial charge in [0.15, 0.2) is 0 Å². The van der Waals surface area contributed by atoms with Gasteiger partial charge in [0.25, 0.3) is 0 Å². The van der Waals surface area contributed by atoms with Crippen molar-refractivity contribution < 1.29 is 9.90 Å². The van der Waals surface area contributed by atoms with Crippen LogP contribution < -0.4 is 0 Å². The summed E-state index contributed by atoms with van der Waals surface area (Å²) in [7, 11) is 0. The van der Waals surface area contributed by atoms with E-state index in [0.717, 1.165) is 51.5 Å². The molecule has 4 rings (SSSR count). The molecule has 2 fully saturated rings. The zero-order valence-corrected chi connectivity index (χ0v) is 13.3. The summed E-state index contributed by atoms with van der Waals surface area (Å²) in [6.45, 7) is 3.24. The van der Waals surface area contributed by atoms with Gasteiger partial charge < -0.3 is 5.11 Å². The van der Waals surface area contributed by atoms with E-state index in [0.29, 0.717) is 23.6 Å². The summed E-state index contributed by atoms with van der Waals surface area (Å²) in [5, 5.41) is 9.72. The van der Waals surface area contributed by atoms with Gasteiger partial charge in [0.05, 0.1) is 0 Å². The summed E-state index contributed by atoms with van der Waals surface area (Å²) in [5.41, 5.74) is 2.63. The maximum atomic E-state index is 12.6. The lowest BCUT2D eigenvalue weighted by atomic mass is 9.67. The highest BCUT2D eigenvalue weighted by atomic mass is 16.3. The number of nitrogens with zero attached hydrogens (tertiary/aromatic N) is 1. The normalized spacial score (nSPS) is 34.1. The Balaban J connectivity index is 1.70. The fourth-order valence-electron chi connectivity index (χ4n) is 5.45. The molecule has 0 radical (unpaired) electrons. The summed E-state index contributed by atoms with van der Waals surface area (Å²) < 4.78 is 0. The van der Waals surface area contributed by atoms with Crippen molar-refractivity contribution >= 4 is 5.78 Å². The number of aromatic hydroxyl groups is 1. The molecule has 0 unspecified atom stereocenters. The lowest BCUT2D eigenvalue weighted by Gasteiger charge is -2.52. The van der Waals surface area contributed by atoms with Gasteiger partial charge >= 0.3 is 0 Å². The van der Waals surface area contributed by atoms with Crippen LogP contribution in [-0.4, -0.2) is 28.4 Å². The first-order valence-electron chi connectivity index (χ1n) is 8.76. The maximum Gasteiger partial charge on any atom is 0.140 e. The van der Waals surface area contributed by atoms with E-state index in [1.807, 2.05) is 12.1 Å². The Morgan fingerprint density at radius 2 is 2.18 bits per heavy atom. The molecule has 1 aromatic rings. The van der Waals surface area contributed by atoms with Crippen LogP contribution in [0.3, 0.4) is 0 Å². The van der Waals surface area contributed by atoms with E-state index < -0.39 is 0 Å². The van der Waals surface area contributed by atoms with E-state index in [1.54, 1.807) is 0 Å². The molecular formula is C19H25NO2. The highest BCUT2D eigenvalue weighted by molar-refractivity contribution is 5.88. The van der Waals surface area contributed by atoms with Gasteiger partial charge in [-0.1, -0.05) is 19.4 Å². The molecule has 3 nitrogen and oxygen atoms in total. The van der Waals surface area contributed by atoms with Crippen LogP contribution >= 0.6 is 0 Å². The van der Waals surface area contributed by atoms with Crippen molar-refractivity contribution in [1.82, 2.24) is 4.90 Å². The van der Waals surface area contributed by atoms with Gasteiger partial charge in [-0.3, -0.25) is 9.69 Å². The number of rotatable bonds is 2. The van der Waals surface area contributed by atoms with Crippen LogP contribution in [0.15, 0.2) is 18.2 Å². The molecule has 1 aliphatic carbocycles. The Hall–Kier alpha value is -1.35. The van der Waals surface area contributed by atoms with Crippen molar-refractivity contribution in [3.8, 4) is 5.75 Å². The van der Waals surface area contributed by atoms with Gasteiger partial charge in [0.2, 0.25) is 0 Å². The predicted octanol–water partition coefficient (Wildman–Crippen LogP) is 3.60. The van der Waals surface area contributed by atoms with Crippen molar-refractivity contribution in [2.45, 2.75) is 64.0 Å². The molecule has 1 N–H and O–H groups in total. The van der Waals surface area contributed by atoms with Crippen molar-refractivity contribution in [2.24, 2.45) is 5.41 Å². The van der Waals surface area contributed by atoms with Crippen LogP contribution in [0.25, 0.3) is 0 Å². The number of phenolic OH excluding ortho intramolecular Hbond substituents is 1. The number of piperidine rings is 1. The number of hydrogen-bond acceptors (Lipinski definition) is 3. The number of carbonyl (C=O) groups is 1. The topological polar surface area (TPSA) is 40.5 Å². The third-order valence-corrected chi connectivity index (χ3v) is 6.32. The summed E-state index contributed by atoms with van der Waals surface area (Å²) in [6.07, 6.45) is 7.10. The van der Waals surface area contributed by atoms with Crippen molar-refractivity contribution in [3.63, 3.8) is 0 Å². The van der Waals surface area contributed by atoms with E-state index in [9.17, 15) is 9.90 Å². The standard InChI is InChI=1S/C19H25NO2/c1-2-9-19-10-7-16-15-4-3-14(21)12-13(15)8-11-20(16)17(19)5-6-18(19)22/h3-4,12,16-17,21H,2,5-11H2,1H3/t16-,17-,19-/m0/s1. The molecule has 2 aliphatic heterocycles. The lowest BCUT2D eigenvalue weighted by Crippen LogP contribution is -2.54. The lowest BCUT2D eigenvalue weighted by molar-refractivity contribution is -0.132. The summed E-state index contributed by atoms with van der Waals surface area (Å²) in [5.74, 6) is 0.897.